The minimum Gasteiger partial charge on any atom is -0.295 e. The average Bonchev–Trinajstić information content (AvgIpc) is 2.35. The average molecular weight is 297 g/mol. The lowest BCUT2D eigenvalue weighted by atomic mass is 9.82. The lowest BCUT2D eigenvalue weighted by Gasteiger charge is -2.27. The standard InChI is InChI=1S/C15H23NO3S/c1-11(15(3,4)5)10-16-20(18,19)14-8-6-7-13(9-14)12(2)17/h6-9,11,16H,10H2,1-5H3. The Labute approximate surface area is 121 Å². The summed E-state index contributed by atoms with van der Waals surface area (Å²) in [7, 11) is -3.57. The molecule has 0 saturated carbocycles. The maximum atomic E-state index is 12.2. The molecule has 0 radical (unpaired) electrons. The molecule has 1 atom stereocenters. The van der Waals surface area contributed by atoms with Gasteiger partial charge in [0.15, 0.2) is 5.78 Å². The smallest absolute Gasteiger partial charge is 0.240 e. The molecule has 0 fully saturated rings. The van der Waals surface area contributed by atoms with Crippen molar-refractivity contribution < 1.29 is 13.2 Å². The van der Waals surface area contributed by atoms with E-state index in [-0.39, 0.29) is 22.0 Å². The van der Waals surface area contributed by atoms with Crippen molar-refractivity contribution in [3.63, 3.8) is 0 Å². The van der Waals surface area contributed by atoms with Gasteiger partial charge in [0.2, 0.25) is 10.0 Å². The molecule has 1 N–H and O–H groups in total. The number of sulfonamides is 1. The summed E-state index contributed by atoms with van der Waals surface area (Å²) < 4.78 is 27.0. The Bertz CT molecular complexity index is 585. The van der Waals surface area contributed by atoms with E-state index in [0.29, 0.717) is 12.1 Å². The van der Waals surface area contributed by atoms with Crippen molar-refractivity contribution in [2.45, 2.75) is 39.5 Å². The first-order valence-corrected chi connectivity index (χ1v) is 8.13. The lowest BCUT2D eigenvalue weighted by Crippen LogP contribution is -2.33. The van der Waals surface area contributed by atoms with Crippen LogP contribution in [0, 0.1) is 11.3 Å². The minimum absolute atomic E-state index is 0.0315. The van der Waals surface area contributed by atoms with Crippen molar-refractivity contribution >= 4 is 15.8 Å². The van der Waals surface area contributed by atoms with Crippen LogP contribution in [0.15, 0.2) is 29.2 Å². The van der Waals surface area contributed by atoms with Gasteiger partial charge in [-0.1, -0.05) is 39.8 Å². The van der Waals surface area contributed by atoms with Crippen molar-refractivity contribution in [2.24, 2.45) is 11.3 Å². The highest BCUT2D eigenvalue weighted by molar-refractivity contribution is 7.89. The van der Waals surface area contributed by atoms with E-state index in [2.05, 4.69) is 25.5 Å². The van der Waals surface area contributed by atoms with Gasteiger partial charge in [0, 0.05) is 12.1 Å². The molecule has 4 nitrogen and oxygen atoms in total. The van der Waals surface area contributed by atoms with Crippen LogP contribution in [0.4, 0.5) is 0 Å². The summed E-state index contributed by atoms with van der Waals surface area (Å²) in [5.74, 6) is 0.0541. The Hall–Kier alpha value is -1.20. The van der Waals surface area contributed by atoms with Crippen LogP contribution in [-0.4, -0.2) is 20.7 Å². The Morgan fingerprint density at radius 1 is 1.30 bits per heavy atom. The van der Waals surface area contributed by atoms with E-state index in [1.807, 2.05) is 6.92 Å². The van der Waals surface area contributed by atoms with Gasteiger partial charge < -0.3 is 0 Å². The van der Waals surface area contributed by atoms with Gasteiger partial charge in [-0.05, 0) is 30.4 Å². The molecule has 0 bridgehead atoms. The molecular weight excluding hydrogens is 274 g/mol. The summed E-state index contributed by atoms with van der Waals surface area (Å²) >= 11 is 0. The summed E-state index contributed by atoms with van der Waals surface area (Å²) in [5, 5.41) is 0. The third-order valence-corrected chi connectivity index (χ3v) is 5.03. The maximum Gasteiger partial charge on any atom is 0.240 e. The second-order valence-electron chi connectivity index (χ2n) is 6.20. The third-order valence-electron chi connectivity index (χ3n) is 3.61. The number of ketones is 1. The van der Waals surface area contributed by atoms with Crippen LogP contribution in [0.2, 0.25) is 0 Å². The Kier molecular flexibility index (Phi) is 5.10. The van der Waals surface area contributed by atoms with Crippen LogP contribution in [0.1, 0.15) is 45.0 Å². The highest BCUT2D eigenvalue weighted by atomic mass is 32.2. The highest BCUT2D eigenvalue weighted by Crippen LogP contribution is 2.25. The molecule has 1 unspecified atom stereocenters. The second-order valence-corrected chi connectivity index (χ2v) is 7.97. The molecule has 0 aliphatic carbocycles. The SMILES string of the molecule is CC(=O)c1cccc(S(=O)(=O)NCC(C)C(C)(C)C)c1. The molecule has 112 valence electrons. The van der Waals surface area contributed by atoms with E-state index >= 15 is 0 Å². The fraction of sp³-hybridized carbons (Fsp3) is 0.533. The van der Waals surface area contributed by atoms with Crippen molar-refractivity contribution in [1.29, 1.82) is 0 Å². The molecule has 1 aromatic rings. The van der Waals surface area contributed by atoms with Gasteiger partial charge in [0.05, 0.1) is 4.90 Å². The molecular formula is C15H23NO3S. The maximum absolute atomic E-state index is 12.2. The van der Waals surface area contributed by atoms with Crippen LogP contribution < -0.4 is 4.72 Å². The Morgan fingerprint density at radius 2 is 1.90 bits per heavy atom. The number of benzene rings is 1. The van der Waals surface area contributed by atoms with Crippen molar-refractivity contribution in [3.05, 3.63) is 29.8 Å². The topological polar surface area (TPSA) is 63.2 Å². The fourth-order valence-electron chi connectivity index (χ4n) is 1.51. The van der Waals surface area contributed by atoms with Gasteiger partial charge in [-0.3, -0.25) is 4.79 Å². The van der Waals surface area contributed by atoms with Gasteiger partial charge in [0.1, 0.15) is 0 Å². The summed E-state index contributed by atoms with van der Waals surface area (Å²) in [5.41, 5.74) is 0.431. The summed E-state index contributed by atoms with van der Waals surface area (Å²) in [4.78, 5) is 11.4. The van der Waals surface area contributed by atoms with E-state index in [0.717, 1.165) is 0 Å². The van der Waals surface area contributed by atoms with Gasteiger partial charge in [0.25, 0.3) is 0 Å². The number of carbonyl (C=O) groups is 1. The zero-order chi connectivity index (χ0) is 15.6. The summed E-state index contributed by atoms with van der Waals surface area (Å²) in [6.07, 6.45) is 0. The molecule has 20 heavy (non-hydrogen) atoms. The van der Waals surface area contributed by atoms with E-state index in [4.69, 9.17) is 0 Å². The normalized spacial score (nSPS) is 14.1. The molecule has 1 aromatic carbocycles. The molecule has 0 spiro atoms. The zero-order valence-corrected chi connectivity index (χ0v) is 13.5. The highest BCUT2D eigenvalue weighted by Gasteiger charge is 2.23. The monoisotopic (exact) mass is 297 g/mol. The van der Waals surface area contributed by atoms with Crippen LogP contribution in [0.3, 0.4) is 0 Å². The largest absolute Gasteiger partial charge is 0.295 e. The third kappa shape index (κ3) is 4.42. The predicted octanol–water partition coefficient (Wildman–Crippen LogP) is 2.85. The van der Waals surface area contributed by atoms with Gasteiger partial charge >= 0.3 is 0 Å². The quantitative estimate of drug-likeness (QED) is 0.850. The summed E-state index contributed by atoms with van der Waals surface area (Å²) in [6.45, 7) is 10.0. The first-order valence-electron chi connectivity index (χ1n) is 6.64. The van der Waals surface area contributed by atoms with Crippen molar-refractivity contribution in [2.75, 3.05) is 6.54 Å². The molecule has 0 aliphatic rings. The number of hydrogen-bond donors (Lipinski definition) is 1. The number of nitrogens with one attached hydrogen (secondary N) is 1. The molecule has 0 heterocycles. The minimum atomic E-state index is -3.57. The number of carbonyl (C=O) groups excluding carboxylic acids is 1. The van der Waals surface area contributed by atoms with Gasteiger partial charge in [-0.2, -0.15) is 0 Å². The van der Waals surface area contributed by atoms with Gasteiger partial charge in [-0.15, -0.1) is 0 Å². The molecule has 1 rings (SSSR count). The first kappa shape index (κ1) is 16.9. The van der Waals surface area contributed by atoms with E-state index in [1.165, 1.54) is 19.1 Å². The molecule has 5 heteroatoms. The Morgan fingerprint density at radius 3 is 2.40 bits per heavy atom. The lowest BCUT2D eigenvalue weighted by molar-refractivity contribution is 0.101. The van der Waals surface area contributed by atoms with Crippen LogP contribution in [-0.2, 0) is 10.0 Å². The number of hydrogen-bond acceptors (Lipinski definition) is 3. The van der Waals surface area contributed by atoms with Crippen molar-refractivity contribution in [1.82, 2.24) is 4.72 Å². The Balaban J connectivity index is 2.90. The zero-order valence-electron chi connectivity index (χ0n) is 12.7. The molecule has 0 saturated heterocycles. The number of Topliss-reactive ketones (excluding diaryl/α,β-unsaturated/α-hetero) is 1. The van der Waals surface area contributed by atoms with Gasteiger partial charge in [-0.25, -0.2) is 13.1 Å². The van der Waals surface area contributed by atoms with Crippen LogP contribution in [0.5, 0.6) is 0 Å². The van der Waals surface area contributed by atoms with Crippen molar-refractivity contribution in [3.8, 4) is 0 Å². The molecule has 0 amide bonds. The predicted molar refractivity (Wildman–Crippen MR) is 80.3 cm³/mol. The van der Waals surface area contributed by atoms with Crippen LogP contribution in [0.25, 0.3) is 0 Å². The molecule has 0 aromatic heterocycles. The first-order chi connectivity index (χ1) is 9.04. The second kappa shape index (κ2) is 6.06. The molecule has 0 aliphatic heterocycles. The summed E-state index contributed by atoms with van der Waals surface area (Å²) in [6, 6.07) is 6.10. The van der Waals surface area contributed by atoms with Crippen LogP contribution >= 0.6 is 0 Å². The van der Waals surface area contributed by atoms with E-state index in [9.17, 15) is 13.2 Å². The number of rotatable bonds is 5. The van der Waals surface area contributed by atoms with E-state index in [1.54, 1.807) is 12.1 Å². The fourth-order valence-corrected chi connectivity index (χ4v) is 2.68. The van der Waals surface area contributed by atoms with E-state index < -0.39 is 10.0 Å².